The lowest BCUT2D eigenvalue weighted by atomic mass is 10.1. The van der Waals surface area contributed by atoms with Crippen LogP contribution in [-0.2, 0) is 13.2 Å². The zero-order valence-electron chi connectivity index (χ0n) is 16.4. The fourth-order valence-electron chi connectivity index (χ4n) is 3.12. The monoisotopic (exact) mass is 410 g/mol. The van der Waals surface area contributed by atoms with Gasteiger partial charge in [-0.15, -0.1) is 11.3 Å². The number of ether oxygens (including phenoxy) is 3. The van der Waals surface area contributed by atoms with Gasteiger partial charge in [-0.05, 0) is 49.7 Å². The van der Waals surface area contributed by atoms with Crippen molar-refractivity contribution in [3.8, 4) is 17.2 Å². The number of benzene rings is 2. The third-order valence-electron chi connectivity index (χ3n) is 4.61. The molecule has 2 aromatic carbocycles. The summed E-state index contributed by atoms with van der Waals surface area (Å²) in [6.45, 7) is 5.65. The summed E-state index contributed by atoms with van der Waals surface area (Å²) in [6, 6.07) is 13.0. The van der Waals surface area contributed by atoms with Crippen LogP contribution in [0.3, 0.4) is 0 Å². The number of rotatable bonds is 7. The highest BCUT2D eigenvalue weighted by Crippen LogP contribution is 2.33. The van der Waals surface area contributed by atoms with Gasteiger partial charge in [-0.3, -0.25) is 4.79 Å². The van der Waals surface area contributed by atoms with E-state index in [4.69, 9.17) is 14.2 Å². The number of amides is 1. The van der Waals surface area contributed by atoms with Crippen LogP contribution >= 0.6 is 11.3 Å². The SMILES string of the molecule is CCN(Cc1ccc2c(c1)OCO2)C(=O)c1cccc(OCc2csc(C)n2)c1. The van der Waals surface area contributed by atoms with E-state index in [0.29, 0.717) is 31.0 Å². The molecular formula is C22H22N2O4S. The molecule has 3 aromatic rings. The Morgan fingerprint density at radius 3 is 2.86 bits per heavy atom. The van der Waals surface area contributed by atoms with E-state index in [1.165, 1.54) is 0 Å². The smallest absolute Gasteiger partial charge is 0.254 e. The minimum atomic E-state index is -0.0416. The second kappa shape index (κ2) is 8.53. The van der Waals surface area contributed by atoms with Gasteiger partial charge in [0.25, 0.3) is 5.91 Å². The Kier molecular flexibility index (Phi) is 5.67. The van der Waals surface area contributed by atoms with Gasteiger partial charge in [-0.1, -0.05) is 12.1 Å². The molecule has 0 fully saturated rings. The van der Waals surface area contributed by atoms with Gasteiger partial charge in [0.15, 0.2) is 11.5 Å². The quantitative estimate of drug-likeness (QED) is 0.577. The van der Waals surface area contributed by atoms with Crippen molar-refractivity contribution in [3.05, 3.63) is 69.7 Å². The number of thiazole rings is 1. The molecule has 0 N–H and O–H groups in total. The molecule has 6 nitrogen and oxygen atoms in total. The minimum absolute atomic E-state index is 0.0416. The summed E-state index contributed by atoms with van der Waals surface area (Å²) in [5, 5.41) is 2.99. The number of carbonyl (C=O) groups excluding carboxylic acids is 1. The van der Waals surface area contributed by atoms with Crippen LogP contribution in [0.15, 0.2) is 47.8 Å². The molecule has 1 aliphatic heterocycles. The summed E-state index contributed by atoms with van der Waals surface area (Å²) in [4.78, 5) is 19.2. The highest BCUT2D eigenvalue weighted by Gasteiger charge is 2.18. The van der Waals surface area contributed by atoms with Crippen molar-refractivity contribution in [2.75, 3.05) is 13.3 Å². The molecule has 0 bridgehead atoms. The summed E-state index contributed by atoms with van der Waals surface area (Å²) in [5.41, 5.74) is 2.48. The lowest BCUT2D eigenvalue weighted by Crippen LogP contribution is -2.30. The van der Waals surface area contributed by atoms with E-state index in [-0.39, 0.29) is 12.7 Å². The average Bonchev–Trinajstić information content (AvgIpc) is 3.38. The van der Waals surface area contributed by atoms with Gasteiger partial charge in [-0.2, -0.15) is 0 Å². The van der Waals surface area contributed by atoms with E-state index in [2.05, 4.69) is 4.98 Å². The van der Waals surface area contributed by atoms with Crippen molar-refractivity contribution in [1.29, 1.82) is 0 Å². The average molecular weight is 410 g/mol. The van der Waals surface area contributed by atoms with Crippen molar-refractivity contribution in [1.82, 2.24) is 9.88 Å². The van der Waals surface area contributed by atoms with E-state index in [1.807, 2.05) is 55.6 Å². The molecule has 150 valence electrons. The first kappa shape index (κ1) is 19.3. The van der Waals surface area contributed by atoms with Gasteiger partial charge < -0.3 is 19.1 Å². The van der Waals surface area contributed by atoms with E-state index in [0.717, 1.165) is 27.8 Å². The lowest BCUT2D eigenvalue weighted by Gasteiger charge is -2.21. The topological polar surface area (TPSA) is 60.9 Å². The second-order valence-corrected chi connectivity index (χ2v) is 7.74. The molecule has 1 aliphatic rings. The van der Waals surface area contributed by atoms with Crippen molar-refractivity contribution in [2.45, 2.75) is 27.0 Å². The van der Waals surface area contributed by atoms with Gasteiger partial charge in [0.05, 0.1) is 10.7 Å². The molecule has 0 spiro atoms. The van der Waals surface area contributed by atoms with Gasteiger partial charge in [-0.25, -0.2) is 4.98 Å². The third kappa shape index (κ3) is 4.51. The number of nitrogens with zero attached hydrogens (tertiary/aromatic N) is 2. The fraction of sp³-hybridized carbons (Fsp3) is 0.273. The molecule has 0 saturated heterocycles. The lowest BCUT2D eigenvalue weighted by molar-refractivity contribution is 0.0752. The van der Waals surface area contributed by atoms with Gasteiger partial charge in [0.1, 0.15) is 12.4 Å². The van der Waals surface area contributed by atoms with Crippen LogP contribution in [0.25, 0.3) is 0 Å². The molecule has 4 rings (SSSR count). The molecule has 0 aliphatic carbocycles. The van der Waals surface area contributed by atoms with Crippen molar-refractivity contribution < 1.29 is 19.0 Å². The minimum Gasteiger partial charge on any atom is -0.487 e. The number of fused-ring (bicyclic) bond motifs is 1. The largest absolute Gasteiger partial charge is 0.487 e. The summed E-state index contributed by atoms with van der Waals surface area (Å²) >= 11 is 1.59. The standard InChI is InChI=1S/C22H22N2O4S/c1-3-24(11-16-7-8-20-21(9-16)28-14-27-20)22(25)17-5-4-6-19(10-17)26-12-18-13-29-15(2)23-18/h4-10,13H,3,11-12,14H2,1-2H3. The highest BCUT2D eigenvalue weighted by molar-refractivity contribution is 7.09. The normalized spacial score (nSPS) is 12.1. The number of aromatic nitrogens is 1. The van der Waals surface area contributed by atoms with Gasteiger partial charge >= 0.3 is 0 Å². The molecule has 0 saturated carbocycles. The molecule has 29 heavy (non-hydrogen) atoms. The summed E-state index contributed by atoms with van der Waals surface area (Å²) < 4.78 is 16.6. The highest BCUT2D eigenvalue weighted by atomic mass is 32.1. The second-order valence-electron chi connectivity index (χ2n) is 6.68. The van der Waals surface area contributed by atoms with Crippen molar-refractivity contribution in [2.24, 2.45) is 0 Å². The van der Waals surface area contributed by atoms with Crippen LogP contribution in [0.4, 0.5) is 0 Å². The maximum Gasteiger partial charge on any atom is 0.254 e. The van der Waals surface area contributed by atoms with Crippen LogP contribution in [-0.4, -0.2) is 29.1 Å². The summed E-state index contributed by atoms with van der Waals surface area (Å²) in [5.74, 6) is 2.07. The zero-order valence-corrected chi connectivity index (χ0v) is 17.2. The Morgan fingerprint density at radius 1 is 1.21 bits per heavy atom. The Morgan fingerprint density at radius 2 is 2.07 bits per heavy atom. The molecule has 0 unspecified atom stereocenters. The molecule has 0 atom stereocenters. The Bertz CT molecular complexity index is 1020. The summed E-state index contributed by atoms with van der Waals surface area (Å²) in [6.07, 6.45) is 0. The van der Waals surface area contributed by atoms with Gasteiger partial charge in [0.2, 0.25) is 6.79 Å². The molecule has 1 amide bonds. The predicted molar refractivity (Wildman–Crippen MR) is 111 cm³/mol. The van der Waals surface area contributed by atoms with Crippen molar-refractivity contribution >= 4 is 17.2 Å². The fourth-order valence-corrected chi connectivity index (χ4v) is 3.72. The van der Waals surface area contributed by atoms with Crippen LogP contribution < -0.4 is 14.2 Å². The van der Waals surface area contributed by atoms with Crippen LogP contribution in [0.1, 0.15) is 33.5 Å². The maximum absolute atomic E-state index is 13.0. The maximum atomic E-state index is 13.0. The number of aryl methyl sites for hydroxylation is 1. The molecule has 7 heteroatoms. The first-order valence-electron chi connectivity index (χ1n) is 9.44. The van der Waals surface area contributed by atoms with Gasteiger partial charge in [0, 0.05) is 24.0 Å². The van der Waals surface area contributed by atoms with E-state index >= 15 is 0 Å². The van der Waals surface area contributed by atoms with E-state index in [9.17, 15) is 4.79 Å². The molecule has 2 heterocycles. The van der Waals surface area contributed by atoms with Crippen LogP contribution in [0.2, 0.25) is 0 Å². The Labute approximate surface area is 173 Å². The zero-order chi connectivity index (χ0) is 20.2. The molecule has 0 radical (unpaired) electrons. The van der Waals surface area contributed by atoms with Crippen LogP contribution in [0.5, 0.6) is 17.2 Å². The number of carbonyl (C=O) groups is 1. The number of hydrogen-bond donors (Lipinski definition) is 0. The Balaban J connectivity index is 1.44. The first-order valence-corrected chi connectivity index (χ1v) is 10.3. The molecular weight excluding hydrogens is 388 g/mol. The third-order valence-corrected chi connectivity index (χ3v) is 5.44. The Hall–Kier alpha value is -3.06. The molecule has 1 aromatic heterocycles. The predicted octanol–water partition coefficient (Wildman–Crippen LogP) is 4.42. The number of hydrogen-bond acceptors (Lipinski definition) is 6. The van der Waals surface area contributed by atoms with E-state index < -0.39 is 0 Å². The van der Waals surface area contributed by atoms with E-state index in [1.54, 1.807) is 22.3 Å². The van der Waals surface area contributed by atoms with Crippen LogP contribution in [0, 0.1) is 6.92 Å². The summed E-state index contributed by atoms with van der Waals surface area (Å²) in [7, 11) is 0. The first-order chi connectivity index (χ1) is 14.1. The van der Waals surface area contributed by atoms with Crippen molar-refractivity contribution in [3.63, 3.8) is 0 Å².